The molecule has 12 heteroatoms. The van der Waals surface area contributed by atoms with Gasteiger partial charge >= 0.3 is 0 Å². The lowest BCUT2D eigenvalue weighted by Crippen LogP contribution is -2.27. The summed E-state index contributed by atoms with van der Waals surface area (Å²) in [4.78, 5) is 30.5. The van der Waals surface area contributed by atoms with Crippen molar-refractivity contribution in [2.45, 2.75) is 208 Å². The van der Waals surface area contributed by atoms with E-state index in [9.17, 15) is 0 Å². The molecule has 0 aliphatic carbocycles. The van der Waals surface area contributed by atoms with Crippen LogP contribution in [0.3, 0.4) is 0 Å². The second kappa shape index (κ2) is 35.3. The first kappa shape index (κ1) is 74.3. The zero-order valence-corrected chi connectivity index (χ0v) is 61.9. The highest BCUT2D eigenvalue weighted by molar-refractivity contribution is 6.70. The van der Waals surface area contributed by atoms with Gasteiger partial charge in [-0.2, -0.15) is 0 Å². The van der Waals surface area contributed by atoms with Gasteiger partial charge in [-0.15, -0.1) is 0 Å². The SMILES string of the molecule is CC(=Nc1c(C)cccc1C)C(CCO[Si](C)(C)C)=Nc1c(C)cccc1C.CC(=Nc1c(C)cccc1C)C(CCO[Si](C)(C)C)=Nc1c(C)cccc1C.CCc1cccc(CC)c1N=C(C)C(CCO[Si](C)(C)C)=Nc1c(CC)cccc1CC. The molecule has 0 aliphatic heterocycles. The summed E-state index contributed by atoms with van der Waals surface area (Å²) in [7, 11) is -4.70. The van der Waals surface area contributed by atoms with Gasteiger partial charge in [0.05, 0.1) is 68.4 Å². The van der Waals surface area contributed by atoms with Crippen LogP contribution in [0, 0.1) is 55.4 Å². The normalized spacial score (nSPS) is 13.1. The quantitative estimate of drug-likeness (QED) is 0.0421. The van der Waals surface area contributed by atoms with E-state index in [0.717, 1.165) is 113 Å². The maximum Gasteiger partial charge on any atom is 0.183 e. The first-order chi connectivity index (χ1) is 41.4. The summed E-state index contributed by atoms with van der Waals surface area (Å²) < 4.78 is 18.4. The third-order valence-electron chi connectivity index (χ3n) is 15.1. The number of hydrogen-bond acceptors (Lipinski definition) is 9. The maximum atomic E-state index is 6.20. The van der Waals surface area contributed by atoms with E-state index in [1.54, 1.807) is 0 Å². The number of nitrogens with zero attached hydrogens (tertiary/aromatic N) is 6. The molecule has 9 nitrogen and oxygen atoms in total. The van der Waals surface area contributed by atoms with E-state index in [1.807, 2.05) is 0 Å². The van der Waals surface area contributed by atoms with Gasteiger partial charge in [-0.1, -0.05) is 137 Å². The molecule has 0 saturated carbocycles. The third kappa shape index (κ3) is 24.3. The third-order valence-corrected chi connectivity index (χ3v) is 18.4. The van der Waals surface area contributed by atoms with Gasteiger partial charge in [-0.3, -0.25) is 30.0 Å². The highest BCUT2D eigenvalue weighted by Gasteiger charge is 2.20. The molecular weight excluding hydrogens is 1130 g/mol. The second-order valence-electron chi connectivity index (χ2n) is 26.1. The Balaban J connectivity index is 0.000000283. The molecule has 0 amide bonds. The van der Waals surface area contributed by atoms with Gasteiger partial charge in [0, 0.05) is 39.1 Å². The molecule has 6 aromatic rings. The van der Waals surface area contributed by atoms with Crippen molar-refractivity contribution in [3.05, 3.63) is 176 Å². The van der Waals surface area contributed by atoms with Gasteiger partial charge < -0.3 is 13.3 Å². The molecule has 474 valence electrons. The van der Waals surface area contributed by atoms with Crippen molar-refractivity contribution in [2.75, 3.05) is 19.8 Å². The molecule has 0 heterocycles. The van der Waals surface area contributed by atoms with Gasteiger partial charge in [-0.25, -0.2) is 0 Å². The number of aryl methyl sites for hydroxylation is 12. The first-order valence-corrected chi connectivity index (χ1v) is 42.4. The van der Waals surface area contributed by atoms with Crippen LogP contribution in [0.1, 0.15) is 134 Å². The zero-order valence-electron chi connectivity index (χ0n) is 58.9. The highest BCUT2D eigenvalue weighted by Crippen LogP contribution is 2.32. The van der Waals surface area contributed by atoms with Crippen LogP contribution in [-0.2, 0) is 39.0 Å². The molecule has 0 bridgehead atoms. The minimum atomic E-state index is -1.58. The van der Waals surface area contributed by atoms with E-state index >= 15 is 0 Å². The van der Waals surface area contributed by atoms with E-state index < -0.39 is 25.0 Å². The van der Waals surface area contributed by atoms with Crippen molar-refractivity contribution in [3.63, 3.8) is 0 Å². The van der Waals surface area contributed by atoms with Crippen LogP contribution in [0.4, 0.5) is 34.1 Å². The molecule has 0 radical (unpaired) electrons. The van der Waals surface area contributed by atoms with Crippen LogP contribution in [0.25, 0.3) is 0 Å². The Bertz CT molecular complexity index is 3180. The Labute approximate surface area is 537 Å². The van der Waals surface area contributed by atoms with E-state index in [4.69, 9.17) is 43.2 Å². The fraction of sp³-hybridized carbons (Fsp3) is 0.447. The number of aliphatic imine (C=N–C) groups is 6. The van der Waals surface area contributed by atoms with Crippen molar-refractivity contribution >= 4 is 93.3 Å². The molecule has 0 spiro atoms. The minimum Gasteiger partial charge on any atom is -0.417 e. The summed E-state index contributed by atoms with van der Waals surface area (Å²) >= 11 is 0. The van der Waals surface area contributed by atoms with Crippen molar-refractivity contribution in [1.29, 1.82) is 0 Å². The summed E-state index contributed by atoms with van der Waals surface area (Å²) in [6.45, 7) is 53.9. The summed E-state index contributed by atoms with van der Waals surface area (Å²) in [5.74, 6) is 0. The van der Waals surface area contributed by atoms with Gasteiger partial charge in [0.1, 0.15) is 0 Å². The Morgan fingerprint density at radius 3 is 0.682 bits per heavy atom. The Hall–Kier alpha value is -6.13. The molecule has 0 aliphatic rings. The minimum absolute atomic E-state index is 0.680. The fourth-order valence-electron chi connectivity index (χ4n) is 10.1. The molecule has 0 N–H and O–H groups in total. The lowest BCUT2D eigenvalue weighted by atomic mass is 10.0. The zero-order chi connectivity index (χ0) is 65.5. The van der Waals surface area contributed by atoms with Crippen molar-refractivity contribution < 1.29 is 13.3 Å². The predicted molar refractivity (Wildman–Crippen MR) is 395 cm³/mol. The summed E-state index contributed by atoms with van der Waals surface area (Å²) in [5.41, 5.74) is 27.0. The largest absolute Gasteiger partial charge is 0.417 e. The standard InChI is InChI=1S/C28H42N2OSi.2C24H34N2OSi/c1-9-22-15-13-16-23(10-2)27(22)29-21(5)26(19-20-31-32(6,7)8)30-28-24(11-3)17-14-18-25(28)12-4;2*1-17-11-9-12-18(2)23(17)25-21(5)22(15-16-27-28(6,7)8)26-24-19(3)13-10-14-20(24)4/h13-18H,9-12,19-20H2,1-8H3;2*9-14H,15-16H2,1-8H3. The molecule has 88 heavy (non-hydrogen) atoms. The van der Waals surface area contributed by atoms with Crippen molar-refractivity contribution in [1.82, 2.24) is 0 Å². The van der Waals surface area contributed by atoms with Crippen molar-refractivity contribution in [2.24, 2.45) is 30.0 Å². The number of para-hydroxylation sites is 6. The Kier molecular flexibility index (Phi) is 29.8. The molecule has 0 unspecified atom stereocenters. The number of hydrogen-bond donors (Lipinski definition) is 0. The van der Waals surface area contributed by atoms with E-state index in [2.05, 4.69) is 272 Å². The summed E-state index contributed by atoms with van der Waals surface area (Å²) in [6, 6.07) is 38.3. The second-order valence-corrected chi connectivity index (χ2v) is 39.7. The van der Waals surface area contributed by atoms with Gasteiger partial charge in [0.25, 0.3) is 0 Å². The van der Waals surface area contributed by atoms with Gasteiger partial charge in [-0.05, 0) is 228 Å². The van der Waals surface area contributed by atoms with Gasteiger partial charge in [0.2, 0.25) is 0 Å². The number of rotatable bonds is 25. The van der Waals surface area contributed by atoms with E-state index in [1.165, 1.54) is 66.8 Å². The van der Waals surface area contributed by atoms with Crippen molar-refractivity contribution in [3.8, 4) is 0 Å². The van der Waals surface area contributed by atoms with Crippen LogP contribution in [0.2, 0.25) is 58.9 Å². The van der Waals surface area contributed by atoms with E-state index in [0.29, 0.717) is 19.8 Å². The average molecular weight is 1240 g/mol. The topological polar surface area (TPSA) is 102 Å². The maximum absolute atomic E-state index is 6.20. The monoisotopic (exact) mass is 1240 g/mol. The van der Waals surface area contributed by atoms with Crippen LogP contribution < -0.4 is 0 Å². The molecule has 0 aromatic heterocycles. The molecule has 6 rings (SSSR count). The van der Waals surface area contributed by atoms with Gasteiger partial charge in [0.15, 0.2) is 25.0 Å². The lowest BCUT2D eigenvalue weighted by Gasteiger charge is -2.18. The van der Waals surface area contributed by atoms with Crippen LogP contribution in [0.15, 0.2) is 139 Å². The average Bonchev–Trinajstić information content (AvgIpc) is 3.33. The van der Waals surface area contributed by atoms with Crippen LogP contribution >= 0.6 is 0 Å². The Morgan fingerprint density at radius 1 is 0.284 bits per heavy atom. The van der Waals surface area contributed by atoms with E-state index in [-0.39, 0.29) is 0 Å². The summed E-state index contributed by atoms with van der Waals surface area (Å²) in [5, 5.41) is 0. The lowest BCUT2D eigenvalue weighted by molar-refractivity contribution is 0.323. The smallest absolute Gasteiger partial charge is 0.183 e. The Morgan fingerprint density at radius 2 is 0.466 bits per heavy atom. The molecule has 0 saturated heterocycles. The summed E-state index contributed by atoms with van der Waals surface area (Å²) in [6.07, 6.45) is 6.20. The fourth-order valence-corrected chi connectivity index (χ4v) is 12.2. The molecule has 0 atom stereocenters. The molecular formula is C76H110N6O3Si3. The molecule has 0 fully saturated rings. The van der Waals surface area contributed by atoms with Crippen LogP contribution in [0.5, 0.6) is 0 Å². The van der Waals surface area contributed by atoms with Crippen LogP contribution in [-0.4, -0.2) is 79.0 Å². The predicted octanol–water partition coefficient (Wildman–Crippen LogP) is 22.1. The highest BCUT2D eigenvalue weighted by atomic mass is 28.4. The first-order valence-electron chi connectivity index (χ1n) is 32.2. The number of benzene rings is 6. The molecule has 6 aromatic carbocycles.